The first-order chi connectivity index (χ1) is 15.0. The van der Waals surface area contributed by atoms with E-state index >= 15 is 0 Å². The van der Waals surface area contributed by atoms with Gasteiger partial charge in [0.25, 0.3) is 5.91 Å². The average Bonchev–Trinajstić information content (AvgIpc) is 2.77. The summed E-state index contributed by atoms with van der Waals surface area (Å²) in [6.45, 7) is 4.36. The van der Waals surface area contributed by atoms with Crippen molar-refractivity contribution < 1.29 is 4.79 Å². The normalized spacial score (nSPS) is 10.6. The SMILES string of the molecule is Cc1ccccc1-c1c(C(=O)Nc2ccccc2)c(=O)cc(C)n1Cc1cccnc1. The fourth-order valence-corrected chi connectivity index (χ4v) is 3.70. The van der Waals surface area contributed by atoms with Crippen LogP contribution in [0.3, 0.4) is 0 Å². The lowest BCUT2D eigenvalue weighted by Crippen LogP contribution is -2.27. The number of amides is 1. The van der Waals surface area contributed by atoms with Crippen molar-refractivity contribution in [3.05, 3.63) is 118 Å². The predicted molar refractivity (Wildman–Crippen MR) is 123 cm³/mol. The van der Waals surface area contributed by atoms with E-state index < -0.39 is 5.91 Å². The molecule has 0 fully saturated rings. The molecule has 0 unspecified atom stereocenters. The van der Waals surface area contributed by atoms with Gasteiger partial charge in [0, 0.05) is 41.9 Å². The Morgan fingerprint density at radius 2 is 1.71 bits per heavy atom. The summed E-state index contributed by atoms with van der Waals surface area (Å²) in [6, 6.07) is 22.3. The molecule has 2 aromatic carbocycles. The van der Waals surface area contributed by atoms with Gasteiger partial charge in [0.15, 0.2) is 5.43 Å². The minimum Gasteiger partial charge on any atom is -0.340 e. The molecule has 4 rings (SSSR count). The van der Waals surface area contributed by atoms with Gasteiger partial charge in [0.2, 0.25) is 0 Å². The van der Waals surface area contributed by atoms with Gasteiger partial charge in [0.05, 0.1) is 5.69 Å². The van der Waals surface area contributed by atoms with Crippen molar-refractivity contribution in [1.82, 2.24) is 9.55 Å². The molecule has 0 spiro atoms. The predicted octanol–water partition coefficient (Wildman–Crippen LogP) is 4.83. The van der Waals surface area contributed by atoms with Gasteiger partial charge in [-0.05, 0) is 43.2 Å². The summed E-state index contributed by atoms with van der Waals surface area (Å²) in [5.41, 5.74) is 4.69. The highest BCUT2D eigenvalue weighted by molar-refractivity contribution is 6.08. The van der Waals surface area contributed by atoms with Gasteiger partial charge in [0.1, 0.15) is 5.56 Å². The second-order valence-electron chi connectivity index (χ2n) is 7.46. The Balaban J connectivity index is 1.93. The van der Waals surface area contributed by atoms with Gasteiger partial charge >= 0.3 is 0 Å². The molecule has 0 saturated heterocycles. The Morgan fingerprint density at radius 1 is 0.968 bits per heavy atom. The number of aromatic nitrogens is 2. The minimum atomic E-state index is -0.422. The number of carbonyl (C=O) groups is 1. The third kappa shape index (κ3) is 4.31. The Hall–Kier alpha value is -3.99. The van der Waals surface area contributed by atoms with Crippen molar-refractivity contribution in [3.8, 4) is 11.3 Å². The van der Waals surface area contributed by atoms with Crippen molar-refractivity contribution in [1.29, 1.82) is 0 Å². The average molecular weight is 409 g/mol. The van der Waals surface area contributed by atoms with E-state index in [4.69, 9.17) is 0 Å². The molecule has 0 atom stereocenters. The van der Waals surface area contributed by atoms with Gasteiger partial charge in [-0.15, -0.1) is 0 Å². The van der Waals surface area contributed by atoms with Crippen LogP contribution in [0, 0.1) is 13.8 Å². The maximum Gasteiger partial charge on any atom is 0.261 e. The van der Waals surface area contributed by atoms with Crippen molar-refractivity contribution >= 4 is 11.6 Å². The molecule has 2 heterocycles. The molecule has 1 N–H and O–H groups in total. The standard InChI is InChI=1S/C26H23N3O2/c1-18-9-6-7-13-22(18)25-24(26(31)28-21-11-4-3-5-12-21)23(30)15-19(2)29(25)17-20-10-8-14-27-16-20/h3-16H,17H2,1-2H3,(H,28,31). The fourth-order valence-electron chi connectivity index (χ4n) is 3.70. The Morgan fingerprint density at radius 3 is 2.42 bits per heavy atom. The van der Waals surface area contributed by atoms with Crippen LogP contribution in [-0.2, 0) is 6.54 Å². The molecule has 0 bridgehead atoms. The summed E-state index contributed by atoms with van der Waals surface area (Å²) in [5.74, 6) is -0.422. The van der Waals surface area contributed by atoms with E-state index in [0.29, 0.717) is 17.9 Å². The van der Waals surface area contributed by atoms with E-state index in [1.807, 2.05) is 73.0 Å². The Kier molecular flexibility index (Phi) is 5.76. The van der Waals surface area contributed by atoms with Crippen LogP contribution in [0.5, 0.6) is 0 Å². The van der Waals surface area contributed by atoms with Gasteiger partial charge in [-0.3, -0.25) is 14.6 Å². The zero-order valence-corrected chi connectivity index (χ0v) is 17.5. The number of anilines is 1. The first-order valence-corrected chi connectivity index (χ1v) is 10.1. The van der Waals surface area contributed by atoms with E-state index in [1.54, 1.807) is 24.5 Å². The second-order valence-corrected chi connectivity index (χ2v) is 7.46. The molecule has 31 heavy (non-hydrogen) atoms. The highest BCUT2D eigenvalue weighted by Crippen LogP contribution is 2.28. The summed E-state index contributed by atoms with van der Waals surface area (Å²) >= 11 is 0. The lowest BCUT2D eigenvalue weighted by atomic mass is 9.98. The Bertz CT molecular complexity index is 1280. The van der Waals surface area contributed by atoms with Crippen LogP contribution in [0.2, 0.25) is 0 Å². The molecule has 0 aliphatic rings. The number of benzene rings is 2. The molecule has 0 aliphatic heterocycles. The van der Waals surface area contributed by atoms with E-state index in [0.717, 1.165) is 22.4 Å². The zero-order chi connectivity index (χ0) is 21.8. The number of para-hydroxylation sites is 1. The van der Waals surface area contributed by atoms with Crippen LogP contribution in [0.1, 0.15) is 27.2 Å². The number of hydrogen-bond donors (Lipinski definition) is 1. The van der Waals surface area contributed by atoms with E-state index in [1.165, 1.54) is 6.07 Å². The second kappa shape index (κ2) is 8.79. The first kappa shape index (κ1) is 20.3. The van der Waals surface area contributed by atoms with Crippen LogP contribution in [-0.4, -0.2) is 15.5 Å². The highest BCUT2D eigenvalue weighted by atomic mass is 16.2. The summed E-state index contributed by atoms with van der Waals surface area (Å²) < 4.78 is 2.01. The molecule has 0 radical (unpaired) electrons. The number of carbonyl (C=O) groups excluding carboxylic acids is 1. The maximum atomic E-state index is 13.3. The van der Waals surface area contributed by atoms with Crippen LogP contribution in [0.4, 0.5) is 5.69 Å². The molecule has 0 saturated carbocycles. The third-order valence-electron chi connectivity index (χ3n) is 5.24. The van der Waals surface area contributed by atoms with Crippen molar-refractivity contribution in [2.75, 3.05) is 5.32 Å². The van der Waals surface area contributed by atoms with Crippen molar-refractivity contribution in [3.63, 3.8) is 0 Å². The van der Waals surface area contributed by atoms with E-state index in [2.05, 4.69) is 10.3 Å². The maximum absolute atomic E-state index is 13.3. The number of hydrogen-bond acceptors (Lipinski definition) is 3. The smallest absolute Gasteiger partial charge is 0.261 e. The Labute approximate surface area is 181 Å². The lowest BCUT2D eigenvalue weighted by Gasteiger charge is -2.21. The summed E-state index contributed by atoms with van der Waals surface area (Å²) in [4.78, 5) is 30.6. The molecule has 5 heteroatoms. The molecule has 1 amide bonds. The van der Waals surface area contributed by atoms with Crippen molar-refractivity contribution in [2.45, 2.75) is 20.4 Å². The van der Waals surface area contributed by atoms with Crippen LogP contribution < -0.4 is 10.7 Å². The topological polar surface area (TPSA) is 64.0 Å². The highest BCUT2D eigenvalue weighted by Gasteiger charge is 2.23. The quantitative estimate of drug-likeness (QED) is 0.514. The molecular formula is C26H23N3O2. The van der Waals surface area contributed by atoms with E-state index in [9.17, 15) is 9.59 Å². The first-order valence-electron chi connectivity index (χ1n) is 10.1. The molecule has 154 valence electrons. The lowest BCUT2D eigenvalue weighted by molar-refractivity contribution is 0.102. The summed E-state index contributed by atoms with van der Waals surface area (Å²) in [6.07, 6.45) is 3.52. The van der Waals surface area contributed by atoms with Gasteiger partial charge < -0.3 is 9.88 Å². The van der Waals surface area contributed by atoms with Gasteiger partial charge in [-0.25, -0.2) is 0 Å². The number of aryl methyl sites for hydroxylation is 2. The third-order valence-corrected chi connectivity index (χ3v) is 5.24. The summed E-state index contributed by atoms with van der Waals surface area (Å²) in [7, 11) is 0. The van der Waals surface area contributed by atoms with Crippen LogP contribution in [0.25, 0.3) is 11.3 Å². The number of pyridine rings is 2. The van der Waals surface area contributed by atoms with Crippen LogP contribution >= 0.6 is 0 Å². The zero-order valence-electron chi connectivity index (χ0n) is 17.5. The molecule has 2 aromatic heterocycles. The van der Waals surface area contributed by atoms with E-state index in [-0.39, 0.29) is 11.0 Å². The number of nitrogens with one attached hydrogen (secondary N) is 1. The molecular weight excluding hydrogens is 386 g/mol. The number of rotatable bonds is 5. The minimum absolute atomic E-state index is 0.132. The molecule has 0 aliphatic carbocycles. The fraction of sp³-hybridized carbons (Fsp3) is 0.115. The largest absolute Gasteiger partial charge is 0.340 e. The van der Waals surface area contributed by atoms with Gasteiger partial charge in [-0.2, -0.15) is 0 Å². The van der Waals surface area contributed by atoms with Crippen molar-refractivity contribution in [2.24, 2.45) is 0 Å². The summed E-state index contributed by atoms with van der Waals surface area (Å²) in [5, 5.41) is 2.87. The monoisotopic (exact) mass is 409 g/mol. The molecule has 4 aromatic rings. The van der Waals surface area contributed by atoms with Gasteiger partial charge in [-0.1, -0.05) is 48.5 Å². The number of nitrogens with zero attached hydrogens (tertiary/aromatic N) is 2. The molecule has 5 nitrogen and oxygen atoms in total. The van der Waals surface area contributed by atoms with Crippen LogP contribution in [0.15, 0.2) is 90.0 Å².